The summed E-state index contributed by atoms with van der Waals surface area (Å²) in [5, 5.41) is 3.40. The van der Waals surface area contributed by atoms with Crippen LogP contribution in [-0.2, 0) is 0 Å². The first-order valence-electron chi connectivity index (χ1n) is 6.78. The molecule has 0 radical (unpaired) electrons. The summed E-state index contributed by atoms with van der Waals surface area (Å²) in [4.78, 5) is 4.19. The molecule has 102 valence electrons. The van der Waals surface area contributed by atoms with Crippen LogP contribution in [0.1, 0.15) is 58.7 Å². The Balaban J connectivity index is 2.75. The molecule has 1 aromatic rings. The molecule has 0 aromatic carbocycles. The van der Waals surface area contributed by atoms with E-state index in [9.17, 15) is 4.39 Å². The first kappa shape index (κ1) is 15.1. The van der Waals surface area contributed by atoms with E-state index in [4.69, 9.17) is 0 Å². The molecule has 2 nitrogen and oxygen atoms in total. The topological polar surface area (TPSA) is 24.9 Å². The van der Waals surface area contributed by atoms with E-state index in [0.29, 0.717) is 5.69 Å². The van der Waals surface area contributed by atoms with Gasteiger partial charge in [-0.1, -0.05) is 27.7 Å². The SMILES string of the molecule is CCCNC(CCC(C)(C)C)c1ncccc1F. The van der Waals surface area contributed by atoms with E-state index in [0.717, 1.165) is 25.8 Å². The molecular weight excluding hydrogens is 227 g/mol. The molecule has 0 fully saturated rings. The van der Waals surface area contributed by atoms with Gasteiger partial charge in [-0.2, -0.15) is 0 Å². The molecule has 1 rings (SSSR count). The van der Waals surface area contributed by atoms with Gasteiger partial charge in [0, 0.05) is 6.20 Å². The second-order valence-corrected chi connectivity index (χ2v) is 5.98. The van der Waals surface area contributed by atoms with Gasteiger partial charge in [0.15, 0.2) is 0 Å². The van der Waals surface area contributed by atoms with E-state index in [1.54, 1.807) is 12.3 Å². The molecule has 1 unspecified atom stereocenters. The highest BCUT2D eigenvalue weighted by Crippen LogP contribution is 2.27. The number of halogens is 1. The molecule has 0 saturated heterocycles. The van der Waals surface area contributed by atoms with Crippen molar-refractivity contribution in [1.82, 2.24) is 10.3 Å². The van der Waals surface area contributed by atoms with Gasteiger partial charge in [-0.3, -0.25) is 4.98 Å². The third-order valence-corrected chi connectivity index (χ3v) is 2.94. The molecule has 1 heterocycles. The smallest absolute Gasteiger partial charge is 0.146 e. The Bertz CT molecular complexity index is 358. The molecule has 1 aromatic heterocycles. The van der Waals surface area contributed by atoms with Crippen molar-refractivity contribution in [1.29, 1.82) is 0 Å². The zero-order chi connectivity index (χ0) is 13.6. The normalized spacial score (nSPS) is 13.6. The second kappa shape index (κ2) is 6.83. The zero-order valence-corrected chi connectivity index (χ0v) is 12.0. The third-order valence-electron chi connectivity index (χ3n) is 2.94. The number of hydrogen-bond donors (Lipinski definition) is 1. The van der Waals surface area contributed by atoms with Gasteiger partial charge in [0.2, 0.25) is 0 Å². The van der Waals surface area contributed by atoms with E-state index >= 15 is 0 Å². The minimum atomic E-state index is -0.208. The van der Waals surface area contributed by atoms with Gasteiger partial charge < -0.3 is 5.32 Å². The van der Waals surface area contributed by atoms with E-state index in [-0.39, 0.29) is 17.3 Å². The number of nitrogens with zero attached hydrogens (tertiary/aromatic N) is 1. The highest BCUT2D eigenvalue weighted by molar-refractivity contribution is 5.11. The van der Waals surface area contributed by atoms with Gasteiger partial charge in [0.1, 0.15) is 5.82 Å². The predicted octanol–water partition coefficient (Wildman–Crippen LogP) is 4.09. The monoisotopic (exact) mass is 252 g/mol. The van der Waals surface area contributed by atoms with Crippen LogP contribution in [0.3, 0.4) is 0 Å². The maximum absolute atomic E-state index is 13.8. The standard InChI is InChI=1S/C15H25FN2/c1-5-10-17-13(8-9-15(2,3)4)14-12(16)7-6-11-18-14/h6-7,11,13,17H,5,8-10H2,1-4H3. The molecule has 0 bridgehead atoms. The lowest BCUT2D eigenvalue weighted by molar-refractivity contribution is 0.326. The Hall–Kier alpha value is -0.960. The summed E-state index contributed by atoms with van der Waals surface area (Å²) in [6.07, 6.45) is 4.67. The van der Waals surface area contributed by atoms with E-state index in [1.165, 1.54) is 6.07 Å². The largest absolute Gasteiger partial charge is 0.309 e. The molecule has 0 amide bonds. The summed E-state index contributed by atoms with van der Waals surface area (Å²) < 4.78 is 13.8. The van der Waals surface area contributed by atoms with Crippen LogP contribution in [0.15, 0.2) is 18.3 Å². The van der Waals surface area contributed by atoms with Crippen molar-refractivity contribution >= 4 is 0 Å². The molecule has 1 N–H and O–H groups in total. The van der Waals surface area contributed by atoms with Crippen molar-refractivity contribution in [3.63, 3.8) is 0 Å². The summed E-state index contributed by atoms with van der Waals surface area (Å²) in [5.74, 6) is -0.208. The van der Waals surface area contributed by atoms with Crippen molar-refractivity contribution < 1.29 is 4.39 Å². The molecular formula is C15H25FN2. The van der Waals surface area contributed by atoms with E-state index in [1.807, 2.05) is 0 Å². The molecule has 3 heteroatoms. The molecule has 18 heavy (non-hydrogen) atoms. The predicted molar refractivity (Wildman–Crippen MR) is 73.9 cm³/mol. The minimum Gasteiger partial charge on any atom is -0.309 e. The first-order valence-corrected chi connectivity index (χ1v) is 6.78. The van der Waals surface area contributed by atoms with Crippen LogP contribution in [0.4, 0.5) is 4.39 Å². The second-order valence-electron chi connectivity index (χ2n) is 5.98. The number of nitrogens with one attached hydrogen (secondary N) is 1. The summed E-state index contributed by atoms with van der Waals surface area (Å²) in [5.41, 5.74) is 0.812. The minimum absolute atomic E-state index is 0.0189. The van der Waals surface area contributed by atoms with E-state index < -0.39 is 0 Å². The quantitative estimate of drug-likeness (QED) is 0.825. The summed E-state index contributed by atoms with van der Waals surface area (Å²) >= 11 is 0. The summed E-state index contributed by atoms with van der Waals surface area (Å²) in [6, 6.07) is 3.14. The third kappa shape index (κ3) is 5.13. The Kier molecular flexibility index (Phi) is 5.73. The summed E-state index contributed by atoms with van der Waals surface area (Å²) in [6.45, 7) is 9.63. The van der Waals surface area contributed by atoms with Crippen molar-refractivity contribution in [3.05, 3.63) is 29.8 Å². The fraction of sp³-hybridized carbons (Fsp3) is 0.667. The van der Waals surface area contributed by atoms with Crippen molar-refractivity contribution in [2.75, 3.05) is 6.54 Å². The highest BCUT2D eigenvalue weighted by Gasteiger charge is 2.19. The van der Waals surface area contributed by atoms with Crippen LogP contribution >= 0.6 is 0 Å². The molecule has 0 aliphatic carbocycles. The lowest BCUT2D eigenvalue weighted by Gasteiger charge is -2.24. The van der Waals surface area contributed by atoms with Crippen LogP contribution in [0.2, 0.25) is 0 Å². The van der Waals surface area contributed by atoms with Gasteiger partial charge in [-0.25, -0.2) is 4.39 Å². The van der Waals surface area contributed by atoms with Crippen molar-refractivity contribution in [2.24, 2.45) is 5.41 Å². The molecule has 0 aliphatic heterocycles. The first-order chi connectivity index (χ1) is 8.44. The number of hydrogen-bond acceptors (Lipinski definition) is 2. The van der Waals surface area contributed by atoms with Gasteiger partial charge >= 0.3 is 0 Å². The average molecular weight is 252 g/mol. The molecule has 0 aliphatic rings. The Morgan fingerprint density at radius 3 is 2.67 bits per heavy atom. The fourth-order valence-electron chi connectivity index (χ4n) is 1.89. The van der Waals surface area contributed by atoms with Gasteiger partial charge in [0.25, 0.3) is 0 Å². The number of aromatic nitrogens is 1. The zero-order valence-electron chi connectivity index (χ0n) is 12.0. The average Bonchev–Trinajstić information content (AvgIpc) is 2.29. The van der Waals surface area contributed by atoms with Crippen LogP contribution < -0.4 is 5.32 Å². The Morgan fingerprint density at radius 2 is 2.11 bits per heavy atom. The van der Waals surface area contributed by atoms with Crippen LogP contribution in [0.5, 0.6) is 0 Å². The van der Waals surface area contributed by atoms with Crippen LogP contribution in [0, 0.1) is 11.2 Å². The maximum Gasteiger partial charge on any atom is 0.146 e. The molecule has 1 atom stereocenters. The molecule has 0 saturated carbocycles. The number of rotatable bonds is 6. The summed E-state index contributed by atoms with van der Waals surface area (Å²) in [7, 11) is 0. The van der Waals surface area contributed by atoms with Gasteiger partial charge in [-0.15, -0.1) is 0 Å². The Morgan fingerprint density at radius 1 is 1.39 bits per heavy atom. The van der Waals surface area contributed by atoms with Crippen molar-refractivity contribution in [2.45, 2.75) is 53.0 Å². The highest BCUT2D eigenvalue weighted by atomic mass is 19.1. The van der Waals surface area contributed by atoms with Crippen LogP contribution in [0.25, 0.3) is 0 Å². The Labute approximate surface area is 110 Å². The van der Waals surface area contributed by atoms with E-state index in [2.05, 4.69) is 38.0 Å². The fourth-order valence-corrected chi connectivity index (χ4v) is 1.89. The van der Waals surface area contributed by atoms with Gasteiger partial charge in [-0.05, 0) is 43.4 Å². The van der Waals surface area contributed by atoms with Crippen LogP contribution in [-0.4, -0.2) is 11.5 Å². The van der Waals surface area contributed by atoms with Gasteiger partial charge in [0.05, 0.1) is 11.7 Å². The lowest BCUT2D eigenvalue weighted by atomic mass is 9.88. The molecule has 0 spiro atoms. The lowest BCUT2D eigenvalue weighted by Crippen LogP contribution is -2.25. The maximum atomic E-state index is 13.8. The number of pyridine rings is 1. The van der Waals surface area contributed by atoms with Crippen molar-refractivity contribution in [3.8, 4) is 0 Å².